The zero-order chi connectivity index (χ0) is 17.0. The van der Waals surface area contributed by atoms with Crippen molar-refractivity contribution in [1.82, 2.24) is 0 Å². The third-order valence-electron chi connectivity index (χ3n) is 2.69. The number of hydrogen-bond donors (Lipinski definition) is 1. The van der Waals surface area contributed by atoms with Gasteiger partial charge in [0.1, 0.15) is 5.82 Å². The maximum atomic E-state index is 13.3. The Hall–Kier alpha value is -2.74. The molecule has 0 fully saturated rings. The van der Waals surface area contributed by atoms with E-state index in [9.17, 15) is 23.7 Å². The second kappa shape index (κ2) is 7.01. The summed E-state index contributed by atoms with van der Waals surface area (Å²) in [5.41, 5.74) is -0.232. The molecular formula is C14H9ClF2N2O4. The van der Waals surface area contributed by atoms with E-state index in [0.717, 1.165) is 18.2 Å². The van der Waals surface area contributed by atoms with Gasteiger partial charge in [-0.3, -0.25) is 14.9 Å². The molecule has 0 heterocycles. The molecule has 0 aliphatic carbocycles. The molecule has 0 spiro atoms. The topological polar surface area (TPSA) is 81.5 Å². The first-order valence-electron chi connectivity index (χ1n) is 6.18. The molecule has 2 aromatic carbocycles. The van der Waals surface area contributed by atoms with Crippen molar-refractivity contribution in [1.29, 1.82) is 0 Å². The molecule has 9 heteroatoms. The number of benzene rings is 2. The van der Waals surface area contributed by atoms with Crippen LogP contribution in [-0.2, 0) is 4.79 Å². The molecule has 0 unspecified atom stereocenters. The van der Waals surface area contributed by atoms with E-state index in [1.165, 1.54) is 12.1 Å². The normalized spacial score (nSPS) is 10.2. The number of amides is 1. The number of non-ortho nitro benzene ring substituents is 1. The Morgan fingerprint density at radius 1 is 1.26 bits per heavy atom. The first kappa shape index (κ1) is 16.6. The third kappa shape index (κ3) is 4.36. The first-order chi connectivity index (χ1) is 10.9. The van der Waals surface area contributed by atoms with E-state index in [1.54, 1.807) is 0 Å². The molecule has 0 radical (unpaired) electrons. The van der Waals surface area contributed by atoms with Gasteiger partial charge >= 0.3 is 0 Å². The van der Waals surface area contributed by atoms with Crippen LogP contribution in [0.5, 0.6) is 5.75 Å². The average Bonchev–Trinajstić information content (AvgIpc) is 2.48. The molecule has 0 aliphatic rings. The lowest BCUT2D eigenvalue weighted by Gasteiger charge is -2.09. The highest BCUT2D eigenvalue weighted by Gasteiger charge is 2.13. The Labute approximate surface area is 133 Å². The summed E-state index contributed by atoms with van der Waals surface area (Å²) in [5, 5.41) is 13.1. The van der Waals surface area contributed by atoms with Crippen LogP contribution in [0.15, 0.2) is 36.4 Å². The van der Waals surface area contributed by atoms with Crippen molar-refractivity contribution in [2.45, 2.75) is 0 Å². The van der Waals surface area contributed by atoms with Crippen LogP contribution in [0.3, 0.4) is 0 Å². The van der Waals surface area contributed by atoms with Gasteiger partial charge in [0.25, 0.3) is 11.6 Å². The summed E-state index contributed by atoms with van der Waals surface area (Å²) in [5.74, 6) is -2.74. The minimum Gasteiger partial charge on any atom is -0.481 e. The lowest BCUT2D eigenvalue weighted by molar-refractivity contribution is -0.384. The summed E-state index contributed by atoms with van der Waals surface area (Å²) in [6.45, 7) is -0.582. The van der Waals surface area contributed by atoms with Gasteiger partial charge in [0, 0.05) is 18.2 Å². The number of anilines is 1. The first-order valence-corrected chi connectivity index (χ1v) is 6.56. The van der Waals surface area contributed by atoms with Gasteiger partial charge in [-0.1, -0.05) is 11.6 Å². The van der Waals surface area contributed by atoms with E-state index in [4.69, 9.17) is 16.3 Å². The largest absolute Gasteiger partial charge is 0.481 e. The molecule has 0 aliphatic heterocycles. The van der Waals surface area contributed by atoms with Gasteiger partial charge in [-0.25, -0.2) is 8.78 Å². The van der Waals surface area contributed by atoms with Crippen LogP contribution < -0.4 is 10.1 Å². The summed E-state index contributed by atoms with van der Waals surface area (Å²) < 4.78 is 31.0. The van der Waals surface area contributed by atoms with Gasteiger partial charge in [-0.15, -0.1) is 0 Å². The predicted octanol–water partition coefficient (Wildman–Crippen LogP) is 3.54. The third-order valence-corrected chi connectivity index (χ3v) is 3.02. The Kier molecular flexibility index (Phi) is 5.07. The van der Waals surface area contributed by atoms with Crippen LogP contribution in [0.1, 0.15) is 0 Å². The van der Waals surface area contributed by atoms with Crippen molar-refractivity contribution in [3.8, 4) is 5.75 Å². The number of rotatable bonds is 5. The SMILES string of the molecule is O=C(COc1ccc(F)cc1F)Nc1cc([N+](=O)[O-])ccc1Cl. The van der Waals surface area contributed by atoms with Gasteiger partial charge in [-0.2, -0.15) is 0 Å². The zero-order valence-corrected chi connectivity index (χ0v) is 12.1. The summed E-state index contributed by atoms with van der Waals surface area (Å²) in [7, 11) is 0. The van der Waals surface area contributed by atoms with E-state index < -0.39 is 29.1 Å². The van der Waals surface area contributed by atoms with E-state index in [-0.39, 0.29) is 22.1 Å². The van der Waals surface area contributed by atoms with E-state index in [2.05, 4.69) is 5.32 Å². The summed E-state index contributed by atoms with van der Waals surface area (Å²) in [4.78, 5) is 21.8. The number of nitrogens with zero attached hydrogens (tertiary/aromatic N) is 1. The van der Waals surface area contributed by atoms with Gasteiger partial charge in [-0.05, 0) is 18.2 Å². The Morgan fingerprint density at radius 3 is 2.65 bits per heavy atom. The quantitative estimate of drug-likeness (QED) is 0.665. The highest BCUT2D eigenvalue weighted by Crippen LogP contribution is 2.26. The molecule has 23 heavy (non-hydrogen) atoms. The minimum absolute atomic E-state index is 0.0223. The minimum atomic E-state index is -0.953. The molecule has 0 bridgehead atoms. The lowest BCUT2D eigenvalue weighted by atomic mass is 10.3. The van der Waals surface area contributed by atoms with Crippen molar-refractivity contribution in [2.75, 3.05) is 11.9 Å². The molecule has 0 aromatic heterocycles. The van der Waals surface area contributed by atoms with Crippen LogP contribution in [-0.4, -0.2) is 17.4 Å². The van der Waals surface area contributed by atoms with Gasteiger partial charge in [0.15, 0.2) is 18.2 Å². The monoisotopic (exact) mass is 342 g/mol. The van der Waals surface area contributed by atoms with Crippen molar-refractivity contribution in [2.24, 2.45) is 0 Å². The Bertz CT molecular complexity index is 770. The van der Waals surface area contributed by atoms with Crippen molar-refractivity contribution in [3.63, 3.8) is 0 Å². The van der Waals surface area contributed by atoms with Gasteiger partial charge < -0.3 is 10.1 Å². The Balaban J connectivity index is 2.02. The zero-order valence-electron chi connectivity index (χ0n) is 11.4. The van der Waals surface area contributed by atoms with Gasteiger partial charge in [0.05, 0.1) is 15.6 Å². The molecule has 0 atom stereocenters. The maximum Gasteiger partial charge on any atom is 0.271 e. The fourth-order valence-corrected chi connectivity index (χ4v) is 1.81. The molecule has 120 valence electrons. The van der Waals surface area contributed by atoms with Crippen LogP contribution >= 0.6 is 11.6 Å². The summed E-state index contributed by atoms with van der Waals surface area (Å²) in [6, 6.07) is 6.16. The van der Waals surface area contributed by atoms with Crippen LogP contribution in [0.4, 0.5) is 20.2 Å². The fraction of sp³-hybridized carbons (Fsp3) is 0.0714. The van der Waals surface area contributed by atoms with E-state index >= 15 is 0 Å². The molecule has 2 rings (SSSR count). The van der Waals surface area contributed by atoms with Crippen LogP contribution in [0, 0.1) is 21.7 Å². The Morgan fingerprint density at radius 2 is 2.00 bits per heavy atom. The number of nitro benzene ring substituents is 1. The van der Waals surface area contributed by atoms with Crippen molar-refractivity contribution in [3.05, 3.63) is 63.2 Å². The van der Waals surface area contributed by atoms with Crippen molar-refractivity contribution < 1.29 is 23.2 Å². The molecule has 0 saturated carbocycles. The van der Waals surface area contributed by atoms with Crippen LogP contribution in [0.2, 0.25) is 5.02 Å². The molecule has 6 nitrogen and oxygen atoms in total. The van der Waals surface area contributed by atoms with Crippen LogP contribution in [0.25, 0.3) is 0 Å². The summed E-state index contributed by atoms with van der Waals surface area (Å²) >= 11 is 5.82. The number of carbonyl (C=O) groups excluding carboxylic acids is 1. The number of ether oxygens (including phenoxy) is 1. The number of hydrogen-bond acceptors (Lipinski definition) is 4. The molecule has 2 aromatic rings. The smallest absolute Gasteiger partial charge is 0.271 e. The number of carbonyl (C=O) groups is 1. The fourth-order valence-electron chi connectivity index (χ4n) is 1.64. The number of nitro groups is 1. The summed E-state index contributed by atoms with van der Waals surface area (Å²) in [6.07, 6.45) is 0. The highest BCUT2D eigenvalue weighted by molar-refractivity contribution is 6.33. The predicted molar refractivity (Wildman–Crippen MR) is 78.6 cm³/mol. The lowest BCUT2D eigenvalue weighted by Crippen LogP contribution is -2.20. The average molecular weight is 343 g/mol. The number of nitrogens with one attached hydrogen (secondary N) is 1. The number of halogens is 3. The molecule has 1 N–H and O–H groups in total. The van der Waals surface area contributed by atoms with E-state index in [0.29, 0.717) is 6.07 Å². The molecular weight excluding hydrogens is 334 g/mol. The second-order valence-electron chi connectivity index (χ2n) is 4.33. The van der Waals surface area contributed by atoms with Crippen molar-refractivity contribution >= 4 is 28.9 Å². The maximum absolute atomic E-state index is 13.3. The van der Waals surface area contributed by atoms with Gasteiger partial charge in [0.2, 0.25) is 0 Å². The second-order valence-corrected chi connectivity index (χ2v) is 4.74. The highest BCUT2D eigenvalue weighted by atomic mass is 35.5. The van der Waals surface area contributed by atoms with E-state index in [1.807, 2.05) is 0 Å². The molecule has 1 amide bonds. The standard InChI is InChI=1S/C14H9ClF2N2O4/c15-10-3-2-9(19(21)22)6-12(10)18-14(20)7-23-13-4-1-8(16)5-11(13)17/h1-6H,7H2,(H,18,20). The molecule has 0 saturated heterocycles.